The summed E-state index contributed by atoms with van der Waals surface area (Å²) in [6.07, 6.45) is 9.68. The highest BCUT2D eigenvalue weighted by atomic mass is 16.5. The lowest BCUT2D eigenvalue weighted by molar-refractivity contribution is -0.00612. The Bertz CT molecular complexity index is 256. The average Bonchev–Trinajstić information content (AvgIpc) is 2.99. The van der Waals surface area contributed by atoms with E-state index in [0.717, 1.165) is 25.8 Å². The summed E-state index contributed by atoms with van der Waals surface area (Å²) in [5.74, 6) is 1.01. The molecule has 0 radical (unpaired) electrons. The molecule has 2 aliphatic rings. The monoisotopic (exact) mass is 285 g/mol. The van der Waals surface area contributed by atoms with E-state index in [9.17, 15) is 10.2 Å². The van der Waals surface area contributed by atoms with E-state index in [1.54, 1.807) is 0 Å². The van der Waals surface area contributed by atoms with Gasteiger partial charge in [-0.05, 0) is 44.1 Å². The molecule has 118 valence electrons. The van der Waals surface area contributed by atoms with Gasteiger partial charge >= 0.3 is 0 Å². The van der Waals surface area contributed by atoms with Gasteiger partial charge in [-0.3, -0.25) is 0 Å². The van der Waals surface area contributed by atoms with Crippen LogP contribution in [-0.2, 0) is 4.74 Å². The topological polar surface area (TPSA) is 61.7 Å². The predicted octanol–water partition coefficient (Wildman–Crippen LogP) is 1.69. The molecule has 2 aliphatic carbocycles. The molecule has 20 heavy (non-hydrogen) atoms. The molecule has 4 heteroatoms. The van der Waals surface area contributed by atoms with E-state index in [1.807, 2.05) is 0 Å². The third-order valence-electron chi connectivity index (χ3n) is 4.91. The summed E-state index contributed by atoms with van der Waals surface area (Å²) in [5, 5.41) is 22.7. The van der Waals surface area contributed by atoms with Crippen molar-refractivity contribution < 1.29 is 14.9 Å². The second-order valence-electron chi connectivity index (χ2n) is 6.54. The number of hydrogen-bond donors (Lipinski definition) is 3. The van der Waals surface area contributed by atoms with Crippen LogP contribution < -0.4 is 5.32 Å². The van der Waals surface area contributed by atoms with Crippen LogP contribution in [0.4, 0.5) is 0 Å². The molecular weight excluding hydrogens is 254 g/mol. The van der Waals surface area contributed by atoms with Crippen molar-refractivity contribution in [3.05, 3.63) is 0 Å². The van der Waals surface area contributed by atoms with Crippen LogP contribution in [0.3, 0.4) is 0 Å². The normalized spacial score (nSPS) is 29.7. The molecule has 3 unspecified atom stereocenters. The molecule has 0 bridgehead atoms. The number of hydrogen-bond acceptors (Lipinski definition) is 4. The minimum absolute atomic E-state index is 0.305. The number of nitrogens with one attached hydrogen (secondary N) is 1. The van der Waals surface area contributed by atoms with Crippen molar-refractivity contribution in [2.75, 3.05) is 26.3 Å². The summed E-state index contributed by atoms with van der Waals surface area (Å²) >= 11 is 0. The summed E-state index contributed by atoms with van der Waals surface area (Å²) < 4.78 is 5.72. The fourth-order valence-corrected chi connectivity index (χ4v) is 3.59. The first kappa shape index (κ1) is 16.2. The number of rotatable bonds is 8. The van der Waals surface area contributed by atoms with Gasteiger partial charge in [0.25, 0.3) is 0 Å². The highest BCUT2D eigenvalue weighted by molar-refractivity contribution is 4.77. The summed E-state index contributed by atoms with van der Waals surface area (Å²) in [4.78, 5) is 0. The van der Waals surface area contributed by atoms with Crippen molar-refractivity contribution in [2.45, 2.75) is 63.6 Å². The van der Waals surface area contributed by atoms with Gasteiger partial charge in [0.15, 0.2) is 0 Å². The molecule has 2 fully saturated rings. The fraction of sp³-hybridized carbons (Fsp3) is 1.00. The SMILES string of the molecule is OCC1CCCCC1CNCC(O)COC1CCCC1. The summed E-state index contributed by atoms with van der Waals surface area (Å²) in [6.45, 7) is 2.26. The first-order chi connectivity index (χ1) is 9.79. The summed E-state index contributed by atoms with van der Waals surface area (Å²) in [5.41, 5.74) is 0. The summed E-state index contributed by atoms with van der Waals surface area (Å²) in [7, 11) is 0. The maximum absolute atomic E-state index is 9.93. The van der Waals surface area contributed by atoms with Gasteiger partial charge < -0.3 is 20.3 Å². The second kappa shape index (κ2) is 8.98. The largest absolute Gasteiger partial charge is 0.396 e. The van der Waals surface area contributed by atoms with Crippen molar-refractivity contribution in [1.29, 1.82) is 0 Å². The van der Waals surface area contributed by atoms with Crippen molar-refractivity contribution in [1.82, 2.24) is 5.32 Å². The molecule has 4 nitrogen and oxygen atoms in total. The van der Waals surface area contributed by atoms with Crippen LogP contribution in [0.15, 0.2) is 0 Å². The van der Waals surface area contributed by atoms with Crippen LogP contribution >= 0.6 is 0 Å². The van der Waals surface area contributed by atoms with E-state index in [4.69, 9.17) is 4.74 Å². The molecule has 0 aliphatic heterocycles. The Hall–Kier alpha value is -0.160. The lowest BCUT2D eigenvalue weighted by Gasteiger charge is -2.30. The molecule has 0 saturated heterocycles. The first-order valence-corrected chi connectivity index (χ1v) is 8.41. The van der Waals surface area contributed by atoms with Crippen LogP contribution in [0.2, 0.25) is 0 Å². The zero-order valence-corrected chi connectivity index (χ0v) is 12.6. The van der Waals surface area contributed by atoms with Crippen molar-refractivity contribution in [3.63, 3.8) is 0 Å². The van der Waals surface area contributed by atoms with E-state index < -0.39 is 6.10 Å². The number of aliphatic hydroxyl groups excluding tert-OH is 2. The van der Waals surface area contributed by atoms with Crippen LogP contribution in [-0.4, -0.2) is 48.7 Å². The van der Waals surface area contributed by atoms with Gasteiger partial charge in [-0.2, -0.15) is 0 Å². The van der Waals surface area contributed by atoms with Gasteiger partial charge in [-0.15, -0.1) is 0 Å². The molecule has 0 aromatic heterocycles. The molecule has 0 aromatic carbocycles. The van der Waals surface area contributed by atoms with Crippen LogP contribution in [0.25, 0.3) is 0 Å². The minimum atomic E-state index is -0.410. The quantitative estimate of drug-likeness (QED) is 0.635. The maximum Gasteiger partial charge on any atom is 0.0897 e. The molecule has 3 atom stereocenters. The smallest absolute Gasteiger partial charge is 0.0897 e. The Morgan fingerprint density at radius 2 is 1.65 bits per heavy atom. The number of ether oxygens (including phenoxy) is 1. The molecule has 2 saturated carbocycles. The van der Waals surface area contributed by atoms with Crippen LogP contribution in [0, 0.1) is 11.8 Å². The van der Waals surface area contributed by atoms with Gasteiger partial charge in [0.1, 0.15) is 0 Å². The van der Waals surface area contributed by atoms with Gasteiger partial charge in [-0.1, -0.05) is 25.7 Å². The van der Waals surface area contributed by atoms with Crippen LogP contribution in [0.5, 0.6) is 0 Å². The van der Waals surface area contributed by atoms with Gasteiger partial charge in [0, 0.05) is 13.2 Å². The predicted molar refractivity (Wildman–Crippen MR) is 79.6 cm³/mol. The highest BCUT2D eigenvalue weighted by Crippen LogP contribution is 2.29. The molecule has 0 heterocycles. The Kier molecular flexibility index (Phi) is 7.28. The van der Waals surface area contributed by atoms with Gasteiger partial charge in [0.05, 0.1) is 18.8 Å². The second-order valence-corrected chi connectivity index (χ2v) is 6.54. The molecule has 3 N–H and O–H groups in total. The number of aliphatic hydroxyl groups is 2. The maximum atomic E-state index is 9.93. The third kappa shape index (κ3) is 5.32. The first-order valence-electron chi connectivity index (χ1n) is 8.41. The van der Waals surface area contributed by atoms with Crippen molar-refractivity contribution in [2.24, 2.45) is 11.8 Å². The van der Waals surface area contributed by atoms with Crippen molar-refractivity contribution in [3.8, 4) is 0 Å². The Balaban J connectivity index is 1.54. The molecule has 0 aromatic rings. The van der Waals surface area contributed by atoms with E-state index in [0.29, 0.717) is 37.7 Å². The highest BCUT2D eigenvalue weighted by Gasteiger charge is 2.24. The van der Waals surface area contributed by atoms with E-state index in [1.165, 1.54) is 32.1 Å². The Morgan fingerprint density at radius 1 is 1.00 bits per heavy atom. The van der Waals surface area contributed by atoms with Gasteiger partial charge in [0.2, 0.25) is 0 Å². The molecular formula is C16H31NO3. The van der Waals surface area contributed by atoms with E-state index in [-0.39, 0.29) is 0 Å². The van der Waals surface area contributed by atoms with E-state index in [2.05, 4.69) is 5.32 Å². The zero-order valence-electron chi connectivity index (χ0n) is 12.6. The standard InChI is InChI=1S/C16H31NO3/c18-11-14-6-2-1-5-13(14)9-17-10-15(19)12-20-16-7-3-4-8-16/h13-19H,1-12H2. The molecule has 0 spiro atoms. The molecule has 0 amide bonds. The minimum Gasteiger partial charge on any atom is -0.396 e. The van der Waals surface area contributed by atoms with E-state index >= 15 is 0 Å². The third-order valence-corrected chi connectivity index (χ3v) is 4.91. The van der Waals surface area contributed by atoms with Crippen LogP contribution in [0.1, 0.15) is 51.4 Å². The lowest BCUT2D eigenvalue weighted by Crippen LogP contribution is -2.37. The summed E-state index contributed by atoms with van der Waals surface area (Å²) in [6, 6.07) is 0. The van der Waals surface area contributed by atoms with Crippen molar-refractivity contribution >= 4 is 0 Å². The van der Waals surface area contributed by atoms with Gasteiger partial charge in [-0.25, -0.2) is 0 Å². The Labute approximate surface area is 122 Å². The zero-order chi connectivity index (χ0) is 14.2. The Morgan fingerprint density at radius 3 is 2.35 bits per heavy atom. The average molecular weight is 285 g/mol. The molecule has 2 rings (SSSR count). The lowest BCUT2D eigenvalue weighted by atomic mass is 9.79. The fourth-order valence-electron chi connectivity index (χ4n) is 3.59.